The van der Waals surface area contributed by atoms with Crippen LogP contribution >= 0.6 is 0 Å². The van der Waals surface area contributed by atoms with Gasteiger partial charge < -0.3 is 10.1 Å². The minimum atomic E-state index is -3.18. The van der Waals surface area contributed by atoms with E-state index in [9.17, 15) is 13.2 Å². The highest BCUT2D eigenvalue weighted by atomic mass is 32.2. The van der Waals surface area contributed by atoms with E-state index >= 15 is 0 Å². The Bertz CT molecular complexity index is 791. The number of ether oxygens (including phenoxy) is 1. The van der Waals surface area contributed by atoms with Gasteiger partial charge in [-0.1, -0.05) is 29.8 Å². The summed E-state index contributed by atoms with van der Waals surface area (Å²) in [6, 6.07) is 8.58. The highest BCUT2D eigenvalue weighted by Crippen LogP contribution is 2.24. The van der Waals surface area contributed by atoms with Gasteiger partial charge >= 0.3 is 0 Å². The molecule has 7 nitrogen and oxygen atoms in total. The lowest BCUT2D eigenvalue weighted by molar-refractivity contribution is -0.120. The maximum absolute atomic E-state index is 12.4. The van der Waals surface area contributed by atoms with E-state index < -0.39 is 10.0 Å². The Morgan fingerprint density at radius 2 is 1.87 bits per heavy atom. The Balaban J connectivity index is 1.57. The quantitative estimate of drug-likeness (QED) is 0.668. The number of hydrogen-bond acceptors (Lipinski definition) is 5. The van der Waals surface area contributed by atoms with Gasteiger partial charge in [0, 0.05) is 51.5 Å². The number of piperidine rings is 1. The van der Waals surface area contributed by atoms with Crippen molar-refractivity contribution in [2.75, 3.05) is 45.6 Å². The first kappa shape index (κ1) is 23.2. The molecule has 30 heavy (non-hydrogen) atoms. The maximum Gasteiger partial charge on any atom is 0.224 e. The minimum Gasteiger partial charge on any atom is -0.381 e. The van der Waals surface area contributed by atoms with Gasteiger partial charge in [0.1, 0.15) is 0 Å². The van der Waals surface area contributed by atoms with Crippen LogP contribution < -0.4 is 5.32 Å². The number of amides is 1. The lowest BCUT2D eigenvalue weighted by Gasteiger charge is -2.43. The molecule has 1 atom stereocenters. The number of aryl methyl sites for hydroxylation is 1. The van der Waals surface area contributed by atoms with Crippen LogP contribution in [0, 0.1) is 6.92 Å². The van der Waals surface area contributed by atoms with Crippen LogP contribution in [0.5, 0.6) is 0 Å². The molecule has 3 rings (SSSR count). The van der Waals surface area contributed by atoms with Crippen molar-refractivity contribution in [2.45, 2.75) is 51.1 Å². The summed E-state index contributed by atoms with van der Waals surface area (Å²) in [7, 11) is -3.18. The lowest BCUT2D eigenvalue weighted by atomic mass is 9.99. The summed E-state index contributed by atoms with van der Waals surface area (Å²) in [6.07, 6.45) is 5.43. The van der Waals surface area contributed by atoms with Crippen LogP contribution in [0.3, 0.4) is 0 Å². The standard InChI is InChI=1S/C22H35N3O4S/c1-18-5-7-19(8-6-18)16-22(26)23-11-13-25(20-9-14-29-15-10-20)21-4-3-12-24(17-21)30(2,27)28/h5-8,20-21H,3-4,9-17H2,1-2H3,(H,23,26). The van der Waals surface area contributed by atoms with E-state index in [1.165, 1.54) is 11.8 Å². The Hall–Kier alpha value is -1.48. The summed E-state index contributed by atoms with van der Waals surface area (Å²) in [5, 5.41) is 3.05. The van der Waals surface area contributed by atoms with Crippen molar-refractivity contribution >= 4 is 15.9 Å². The van der Waals surface area contributed by atoms with Crippen LogP contribution in [0.2, 0.25) is 0 Å². The maximum atomic E-state index is 12.4. The molecule has 0 aromatic heterocycles. The number of carbonyl (C=O) groups excluding carboxylic acids is 1. The average Bonchev–Trinajstić information content (AvgIpc) is 2.73. The zero-order valence-electron chi connectivity index (χ0n) is 18.2. The summed E-state index contributed by atoms with van der Waals surface area (Å²) < 4.78 is 31.2. The fourth-order valence-corrected chi connectivity index (χ4v) is 5.35. The molecule has 0 radical (unpaired) electrons. The molecule has 0 aliphatic carbocycles. The normalized spacial score (nSPS) is 21.6. The molecule has 8 heteroatoms. The second kappa shape index (κ2) is 10.7. The zero-order valence-corrected chi connectivity index (χ0v) is 19.0. The van der Waals surface area contributed by atoms with Gasteiger partial charge in [0.05, 0.1) is 12.7 Å². The Kier molecular flexibility index (Phi) is 8.27. The molecule has 168 valence electrons. The molecule has 2 aliphatic rings. The summed E-state index contributed by atoms with van der Waals surface area (Å²) in [6.45, 7) is 5.94. The number of nitrogens with zero attached hydrogens (tertiary/aromatic N) is 2. The largest absolute Gasteiger partial charge is 0.381 e. The van der Waals surface area contributed by atoms with E-state index in [1.54, 1.807) is 4.31 Å². The topological polar surface area (TPSA) is 79.0 Å². The fraction of sp³-hybridized carbons (Fsp3) is 0.682. The highest BCUT2D eigenvalue weighted by Gasteiger charge is 2.33. The summed E-state index contributed by atoms with van der Waals surface area (Å²) in [4.78, 5) is 14.8. The first-order chi connectivity index (χ1) is 14.3. The van der Waals surface area contributed by atoms with Gasteiger partial charge in [-0.05, 0) is 38.2 Å². The number of benzene rings is 1. The van der Waals surface area contributed by atoms with Crippen molar-refractivity contribution in [3.63, 3.8) is 0 Å². The van der Waals surface area contributed by atoms with Crippen LogP contribution in [0.4, 0.5) is 0 Å². The van der Waals surface area contributed by atoms with Gasteiger partial charge in [0.2, 0.25) is 15.9 Å². The average molecular weight is 438 g/mol. The van der Waals surface area contributed by atoms with Gasteiger partial charge in [-0.2, -0.15) is 0 Å². The molecule has 0 saturated carbocycles. The lowest BCUT2D eigenvalue weighted by Crippen LogP contribution is -2.55. The molecule has 2 fully saturated rings. The Labute approximate surface area is 180 Å². The third kappa shape index (κ3) is 6.77. The van der Waals surface area contributed by atoms with E-state index in [0.717, 1.165) is 51.0 Å². The first-order valence-corrected chi connectivity index (χ1v) is 12.8. The van der Waals surface area contributed by atoms with Crippen LogP contribution in [0.25, 0.3) is 0 Å². The van der Waals surface area contributed by atoms with Crippen LogP contribution in [-0.2, 0) is 26.0 Å². The van der Waals surface area contributed by atoms with E-state index in [-0.39, 0.29) is 11.9 Å². The predicted octanol–water partition coefficient (Wildman–Crippen LogP) is 1.56. The molecule has 2 heterocycles. The van der Waals surface area contributed by atoms with Crippen molar-refractivity contribution in [1.82, 2.24) is 14.5 Å². The summed E-state index contributed by atoms with van der Waals surface area (Å²) in [5.74, 6) is 0.0205. The molecule has 1 amide bonds. The minimum absolute atomic E-state index is 0.0205. The molecule has 1 unspecified atom stereocenters. The highest BCUT2D eigenvalue weighted by molar-refractivity contribution is 7.88. The third-order valence-corrected chi connectivity index (χ3v) is 7.40. The van der Waals surface area contributed by atoms with Crippen LogP contribution in [0.15, 0.2) is 24.3 Å². The van der Waals surface area contributed by atoms with Crippen molar-refractivity contribution < 1.29 is 17.9 Å². The predicted molar refractivity (Wildman–Crippen MR) is 118 cm³/mol. The Morgan fingerprint density at radius 1 is 1.17 bits per heavy atom. The molecular weight excluding hydrogens is 402 g/mol. The molecule has 2 aliphatic heterocycles. The molecule has 2 saturated heterocycles. The number of rotatable bonds is 8. The molecular formula is C22H35N3O4S. The monoisotopic (exact) mass is 437 g/mol. The van der Waals surface area contributed by atoms with E-state index in [2.05, 4.69) is 10.2 Å². The van der Waals surface area contributed by atoms with Crippen molar-refractivity contribution in [3.8, 4) is 0 Å². The molecule has 1 N–H and O–H groups in total. The zero-order chi connectivity index (χ0) is 21.6. The summed E-state index contributed by atoms with van der Waals surface area (Å²) in [5.41, 5.74) is 2.19. The molecule has 0 bridgehead atoms. The van der Waals surface area contributed by atoms with Crippen molar-refractivity contribution in [3.05, 3.63) is 35.4 Å². The van der Waals surface area contributed by atoms with E-state index in [1.807, 2.05) is 31.2 Å². The number of nitrogens with one attached hydrogen (secondary N) is 1. The van der Waals surface area contributed by atoms with Gasteiger partial charge in [-0.15, -0.1) is 0 Å². The van der Waals surface area contributed by atoms with Gasteiger partial charge in [0.25, 0.3) is 0 Å². The van der Waals surface area contributed by atoms with E-state index in [0.29, 0.717) is 32.1 Å². The number of sulfonamides is 1. The molecule has 1 aromatic rings. The van der Waals surface area contributed by atoms with Crippen molar-refractivity contribution in [2.24, 2.45) is 0 Å². The van der Waals surface area contributed by atoms with Crippen LogP contribution in [0.1, 0.15) is 36.8 Å². The van der Waals surface area contributed by atoms with Gasteiger partial charge in [0.15, 0.2) is 0 Å². The fourth-order valence-electron chi connectivity index (χ4n) is 4.45. The molecule has 1 aromatic carbocycles. The smallest absolute Gasteiger partial charge is 0.224 e. The first-order valence-electron chi connectivity index (χ1n) is 10.9. The Morgan fingerprint density at radius 3 is 2.53 bits per heavy atom. The van der Waals surface area contributed by atoms with Crippen LogP contribution in [-0.4, -0.2) is 81.3 Å². The van der Waals surface area contributed by atoms with Gasteiger partial charge in [-0.25, -0.2) is 12.7 Å². The number of carbonyl (C=O) groups is 1. The SMILES string of the molecule is Cc1ccc(CC(=O)NCCN(C2CCOCC2)C2CCCN(S(C)(=O)=O)C2)cc1. The second-order valence-corrected chi connectivity index (χ2v) is 10.5. The second-order valence-electron chi connectivity index (χ2n) is 8.51. The van der Waals surface area contributed by atoms with E-state index in [4.69, 9.17) is 4.74 Å². The molecule has 0 spiro atoms. The summed E-state index contributed by atoms with van der Waals surface area (Å²) >= 11 is 0. The van der Waals surface area contributed by atoms with Gasteiger partial charge in [-0.3, -0.25) is 9.69 Å². The third-order valence-electron chi connectivity index (χ3n) is 6.13. The number of hydrogen-bond donors (Lipinski definition) is 1. The van der Waals surface area contributed by atoms with Crippen molar-refractivity contribution in [1.29, 1.82) is 0 Å².